The first kappa shape index (κ1) is 75.8. The average molecular weight is 1110 g/mol. The molecule has 77 heavy (non-hydrogen) atoms. The van der Waals surface area contributed by atoms with Gasteiger partial charge in [0.25, 0.3) is 7.82 Å². The Morgan fingerprint density at radius 2 is 0.740 bits per heavy atom. The lowest BCUT2D eigenvalue weighted by Crippen LogP contribution is -2.47. The van der Waals surface area contributed by atoms with E-state index < -0.39 is 20.0 Å². The van der Waals surface area contributed by atoms with Crippen molar-refractivity contribution in [3.8, 4) is 0 Å². The lowest BCUT2D eigenvalue weighted by Gasteiger charge is -2.30. The number of carbonyl (C=O) groups excluding carboxylic acids is 2. The monoisotopic (exact) mass is 1110 g/mol. The first-order valence-electron chi connectivity index (χ1n) is 34.0. The summed E-state index contributed by atoms with van der Waals surface area (Å²) in [7, 11) is 1.21. The Morgan fingerprint density at radius 1 is 0.442 bits per heavy atom. The molecule has 0 aliphatic carbocycles. The Morgan fingerprint density at radius 3 is 1.06 bits per heavy atom. The molecule has 1 N–H and O–H groups in total. The van der Waals surface area contributed by atoms with E-state index in [9.17, 15) is 19.0 Å². The van der Waals surface area contributed by atoms with Crippen molar-refractivity contribution < 1.29 is 37.3 Å². The van der Waals surface area contributed by atoms with Crippen LogP contribution in [-0.4, -0.2) is 69.4 Å². The van der Waals surface area contributed by atoms with Crippen molar-refractivity contribution in [2.24, 2.45) is 0 Å². The molecule has 0 aromatic rings. The fourth-order valence-electron chi connectivity index (χ4n) is 10.5. The molecular weight excluding hydrogens is 976 g/mol. The molecule has 0 spiro atoms. The van der Waals surface area contributed by atoms with Crippen LogP contribution in [-0.2, 0) is 27.9 Å². The quantitative estimate of drug-likeness (QED) is 0.0212. The summed E-state index contributed by atoms with van der Waals surface area (Å²) in [5.74, 6) is -0.519. The predicted octanol–water partition coefficient (Wildman–Crippen LogP) is 20.5. The van der Waals surface area contributed by atoms with Crippen LogP contribution in [0.3, 0.4) is 0 Å². The second-order valence-electron chi connectivity index (χ2n) is 24.7. The highest BCUT2D eigenvalue weighted by Gasteiger charge is 2.27. The van der Waals surface area contributed by atoms with Crippen LogP contribution >= 0.6 is 7.82 Å². The maximum atomic E-state index is 13.6. The molecule has 3 atom stereocenters. The number of amides is 1. The van der Waals surface area contributed by atoms with Gasteiger partial charge in [0.1, 0.15) is 19.3 Å². The number of hydrogen-bond donors (Lipinski definition) is 1. The van der Waals surface area contributed by atoms with E-state index in [1.807, 2.05) is 33.3 Å². The Kier molecular flexibility index (Phi) is 57.0. The number of hydrogen-bond acceptors (Lipinski definition) is 7. The van der Waals surface area contributed by atoms with Gasteiger partial charge in [-0.25, -0.2) is 0 Å². The van der Waals surface area contributed by atoms with Gasteiger partial charge in [0, 0.05) is 12.8 Å². The summed E-state index contributed by atoms with van der Waals surface area (Å²) >= 11 is 0. The third kappa shape index (κ3) is 59.2. The molecule has 0 saturated carbocycles. The molecule has 0 saturated heterocycles. The van der Waals surface area contributed by atoms with E-state index >= 15 is 0 Å². The van der Waals surface area contributed by atoms with Gasteiger partial charge in [-0.05, 0) is 31.8 Å². The number of ether oxygens (including phenoxy) is 1. The zero-order chi connectivity index (χ0) is 56.4. The molecule has 9 nitrogen and oxygen atoms in total. The fraction of sp³-hybridized carbons (Fsp3) is 0.940. The van der Waals surface area contributed by atoms with Crippen LogP contribution in [0, 0.1) is 0 Å². The van der Waals surface area contributed by atoms with E-state index in [1.54, 1.807) is 0 Å². The molecule has 0 fully saturated rings. The van der Waals surface area contributed by atoms with Gasteiger partial charge in [-0.2, -0.15) is 0 Å². The summed E-state index contributed by atoms with van der Waals surface area (Å²) in [6, 6.07) is -0.879. The van der Waals surface area contributed by atoms with E-state index in [1.165, 1.54) is 263 Å². The number of phosphoric ester groups is 1. The van der Waals surface area contributed by atoms with Crippen LogP contribution < -0.4 is 10.2 Å². The highest BCUT2D eigenvalue weighted by atomic mass is 31.2. The van der Waals surface area contributed by atoms with Crippen molar-refractivity contribution >= 4 is 19.7 Å². The number of rotatable bonds is 63. The number of allylic oxidation sites excluding steroid dienone is 1. The Labute approximate surface area is 480 Å². The number of unbranched alkanes of at least 4 members (excludes halogenated alkanes) is 47. The summed E-state index contributed by atoms with van der Waals surface area (Å²) in [6.07, 6.45) is 67.7. The number of likely N-dealkylation sites (N-methyl/N-ethyl adjacent to an activating group) is 1. The van der Waals surface area contributed by atoms with Gasteiger partial charge in [0.05, 0.1) is 33.8 Å². The second kappa shape index (κ2) is 58.0. The van der Waals surface area contributed by atoms with Gasteiger partial charge in [0.15, 0.2) is 0 Å². The van der Waals surface area contributed by atoms with Gasteiger partial charge < -0.3 is 28.5 Å². The number of nitrogens with one attached hydrogen (secondary N) is 1. The summed E-state index contributed by atoms with van der Waals surface area (Å²) in [4.78, 5) is 40.0. The van der Waals surface area contributed by atoms with Crippen LogP contribution in [0.1, 0.15) is 355 Å². The molecule has 458 valence electrons. The lowest BCUT2D eigenvalue weighted by molar-refractivity contribution is -0.870. The molecule has 0 bridgehead atoms. The van der Waals surface area contributed by atoms with Gasteiger partial charge >= 0.3 is 5.97 Å². The summed E-state index contributed by atoms with van der Waals surface area (Å²) in [5.41, 5.74) is 0. The van der Waals surface area contributed by atoms with Crippen LogP contribution in [0.15, 0.2) is 12.2 Å². The van der Waals surface area contributed by atoms with Crippen LogP contribution in [0.5, 0.6) is 0 Å². The minimum Gasteiger partial charge on any atom is -0.756 e. The second-order valence-corrected chi connectivity index (χ2v) is 26.1. The molecule has 0 rings (SSSR count). The molecular formula is C67H133N2O7P. The molecule has 3 unspecified atom stereocenters. The molecule has 0 radical (unpaired) electrons. The zero-order valence-electron chi connectivity index (χ0n) is 52.5. The molecule has 0 aromatic heterocycles. The summed E-state index contributed by atoms with van der Waals surface area (Å²) < 4.78 is 30.3. The van der Waals surface area contributed by atoms with Crippen molar-refractivity contribution in [3.05, 3.63) is 12.2 Å². The van der Waals surface area contributed by atoms with E-state index in [0.717, 1.165) is 57.8 Å². The summed E-state index contributed by atoms with van der Waals surface area (Å²) in [6.45, 7) is 6.90. The van der Waals surface area contributed by atoms with E-state index in [2.05, 4.69) is 26.1 Å². The molecule has 1 amide bonds. The number of carbonyl (C=O) groups is 2. The van der Waals surface area contributed by atoms with Gasteiger partial charge in [-0.3, -0.25) is 14.2 Å². The average Bonchev–Trinajstić information content (AvgIpc) is 3.39. The highest BCUT2D eigenvalue weighted by Crippen LogP contribution is 2.38. The highest BCUT2D eigenvalue weighted by molar-refractivity contribution is 7.45. The van der Waals surface area contributed by atoms with Gasteiger partial charge in [0.2, 0.25) is 5.91 Å². The standard InChI is InChI=1S/C67H133N2O7P/c1-7-10-13-16-19-22-25-27-28-29-30-31-32-33-34-35-36-37-38-39-40-42-45-47-50-53-56-59-66(70)68-64(63-75-77(72,73)74-62-61-69(4,5)6)65(58-55-52-49-46-44-41-26-23-20-17-14-11-8-2)76-67(71)60-57-54-51-48-43-24-21-18-15-12-9-3/h55,58,64-65H,7-54,56-57,59-63H2,1-6H3,(H-,68,70,72,73)/b58-55+. The Bertz CT molecular complexity index is 1320. The number of phosphoric acid groups is 1. The largest absolute Gasteiger partial charge is 0.756 e. The van der Waals surface area contributed by atoms with Crippen LogP contribution in [0.2, 0.25) is 0 Å². The van der Waals surface area contributed by atoms with Crippen molar-refractivity contribution in [3.63, 3.8) is 0 Å². The molecule has 0 aromatic carbocycles. The SMILES string of the molecule is CCCCCCCCCCCCC/C=C/C(OC(=O)CCCCCCCCCCCCC)C(COP(=O)([O-])OCC[N+](C)(C)C)NC(=O)CCCCCCCCCCCCCCCCCCCCCCCCCCCCC. The van der Waals surface area contributed by atoms with Crippen LogP contribution in [0.25, 0.3) is 0 Å². The maximum Gasteiger partial charge on any atom is 0.306 e. The number of quaternary nitrogens is 1. The van der Waals surface area contributed by atoms with Gasteiger partial charge in [-0.1, -0.05) is 322 Å². The first-order valence-corrected chi connectivity index (χ1v) is 35.5. The van der Waals surface area contributed by atoms with E-state index in [-0.39, 0.29) is 31.5 Å². The molecule has 0 aliphatic rings. The van der Waals surface area contributed by atoms with Crippen molar-refractivity contribution in [1.82, 2.24) is 5.32 Å². The molecule has 10 heteroatoms. The maximum absolute atomic E-state index is 13.6. The van der Waals surface area contributed by atoms with Gasteiger partial charge in [-0.15, -0.1) is 0 Å². The lowest BCUT2D eigenvalue weighted by atomic mass is 10.0. The minimum absolute atomic E-state index is 0.0167. The van der Waals surface area contributed by atoms with E-state index in [0.29, 0.717) is 17.4 Å². The Balaban J connectivity index is 4.92. The van der Waals surface area contributed by atoms with Crippen molar-refractivity contribution in [1.29, 1.82) is 0 Å². The van der Waals surface area contributed by atoms with Crippen molar-refractivity contribution in [2.75, 3.05) is 40.9 Å². The van der Waals surface area contributed by atoms with Crippen LogP contribution in [0.4, 0.5) is 0 Å². The Hall–Kier alpha value is -1.25. The summed E-state index contributed by atoms with van der Waals surface area (Å²) in [5, 5.41) is 3.04. The third-order valence-electron chi connectivity index (χ3n) is 15.7. The molecule has 0 heterocycles. The minimum atomic E-state index is -4.69. The smallest absolute Gasteiger partial charge is 0.306 e. The predicted molar refractivity (Wildman–Crippen MR) is 330 cm³/mol. The van der Waals surface area contributed by atoms with E-state index in [4.69, 9.17) is 13.8 Å². The topological polar surface area (TPSA) is 114 Å². The fourth-order valence-corrected chi connectivity index (χ4v) is 11.2. The number of esters is 1. The van der Waals surface area contributed by atoms with Crippen molar-refractivity contribution in [2.45, 2.75) is 367 Å². The normalized spacial score (nSPS) is 13.6. The zero-order valence-corrected chi connectivity index (χ0v) is 53.3. The number of nitrogens with zero attached hydrogens (tertiary/aromatic N) is 1. The first-order chi connectivity index (χ1) is 37.4. The molecule has 0 aliphatic heterocycles. The third-order valence-corrected chi connectivity index (χ3v) is 16.7.